The summed E-state index contributed by atoms with van der Waals surface area (Å²) in [7, 11) is -1.93. The Morgan fingerprint density at radius 2 is 1.71 bits per heavy atom. The van der Waals surface area contributed by atoms with Crippen molar-refractivity contribution in [1.82, 2.24) is 9.21 Å². The van der Waals surface area contributed by atoms with Gasteiger partial charge < -0.3 is 9.64 Å². The first kappa shape index (κ1) is 20.8. The molecule has 0 aliphatic carbocycles. The second kappa shape index (κ2) is 8.22. The molecule has 1 saturated heterocycles. The maximum Gasteiger partial charge on any atom is 0.312 e. The Morgan fingerprint density at radius 1 is 1.04 bits per heavy atom. The van der Waals surface area contributed by atoms with Gasteiger partial charge in [0.25, 0.3) is 0 Å². The lowest BCUT2D eigenvalue weighted by molar-refractivity contribution is -0.385. The normalized spacial score (nSPS) is 16.1. The van der Waals surface area contributed by atoms with Crippen LogP contribution in [0.3, 0.4) is 0 Å². The highest BCUT2D eigenvalue weighted by Crippen LogP contribution is 2.36. The van der Waals surface area contributed by atoms with Gasteiger partial charge in [-0.3, -0.25) is 10.1 Å². The number of hydrogen-bond acceptors (Lipinski definition) is 6. The molecule has 8 nitrogen and oxygen atoms in total. The highest BCUT2D eigenvalue weighted by atomic mass is 35.5. The Bertz CT molecular complexity index is 1010. The van der Waals surface area contributed by atoms with Gasteiger partial charge in [-0.05, 0) is 31.3 Å². The van der Waals surface area contributed by atoms with E-state index < -0.39 is 20.6 Å². The molecule has 2 aromatic rings. The van der Waals surface area contributed by atoms with Crippen LogP contribution < -0.4 is 4.74 Å². The summed E-state index contributed by atoms with van der Waals surface area (Å²) in [5.41, 5.74) is -0.457. The van der Waals surface area contributed by atoms with E-state index in [0.717, 1.165) is 6.07 Å². The van der Waals surface area contributed by atoms with Gasteiger partial charge in [0.15, 0.2) is 0 Å². The number of nitro groups is 1. The third kappa shape index (κ3) is 4.39. The summed E-state index contributed by atoms with van der Waals surface area (Å²) < 4.78 is 32.5. The van der Waals surface area contributed by atoms with Crippen molar-refractivity contribution in [1.29, 1.82) is 0 Å². The van der Waals surface area contributed by atoms with E-state index in [1.54, 1.807) is 0 Å². The molecule has 0 bridgehead atoms. The van der Waals surface area contributed by atoms with E-state index >= 15 is 0 Å². The Labute approximate surface area is 172 Å². The number of likely N-dealkylation sites (N-methyl/N-ethyl adjacent to an activating group) is 1. The summed E-state index contributed by atoms with van der Waals surface area (Å²) in [5, 5.41) is 12.0. The summed E-state index contributed by atoms with van der Waals surface area (Å²) in [6.07, 6.45) is 0. The maximum absolute atomic E-state index is 12.8. The fourth-order valence-corrected chi connectivity index (χ4v) is 4.46. The molecule has 1 fully saturated rings. The van der Waals surface area contributed by atoms with Crippen LogP contribution in [0.1, 0.15) is 0 Å². The van der Waals surface area contributed by atoms with E-state index in [4.69, 9.17) is 27.9 Å². The number of benzene rings is 2. The third-order valence-corrected chi connectivity index (χ3v) is 6.98. The van der Waals surface area contributed by atoms with Crippen LogP contribution >= 0.6 is 23.2 Å². The first-order valence-electron chi connectivity index (χ1n) is 8.28. The Kier molecular flexibility index (Phi) is 6.11. The second-order valence-electron chi connectivity index (χ2n) is 6.27. The predicted molar refractivity (Wildman–Crippen MR) is 106 cm³/mol. The topological polar surface area (TPSA) is 93.0 Å². The lowest BCUT2D eigenvalue weighted by Gasteiger charge is -2.31. The molecule has 28 heavy (non-hydrogen) atoms. The monoisotopic (exact) mass is 445 g/mol. The molecule has 0 unspecified atom stereocenters. The van der Waals surface area contributed by atoms with Crippen LogP contribution in [0.4, 0.5) is 5.69 Å². The first-order chi connectivity index (χ1) is 13.2. The highest BCUT2D eigenvalue weighted by molar-refractivity contribution is 7.89. The average molecular weight is 446 g/mol. The molecule has 150 valence electrons. The molecule has 0 atom stereocenters. The van der Waals surface area contributed by atoms with Crippen LogP contribution in [-0.4, -0.2) is 55.8 Å². The number of hydrogen-bond donors (Lipinski definition) is 0. The van der Waals surface area contributed by atoms with Gasteiger partial charge in [-0.25, -0.2) is 8.42 Å². The fraction of sp³-hybridized carbons (Fsp3) is 0.294. The largest absolute Gasteiger partial charge is 0.450 e. The molecule has 1 aliphatic rings. The Balaban J connectivity index is 1.92. The van der Waals surface area contributed by atoms with Gasteiger partial charge in [0, 0.05) is 38.3 Å². The molecule has 0 spiro atoms. The van der Waals surface area contributed by atoms with E-state index in [1.165, 1.54) is 34.6 Å². The summed E-state index contributed by atoms with van der Waals surface area (Å²) in [4.78, 5) is 12.7. The molecule has 0 aromatic heterocycles. The molecule has 0 saturated carbocycles. The van der Waals surface area contributed by atoms with E-state index in [1.807, 2.05) is 11.9 Å². The van der Waals surface area contributed by atoms with Gasteiger partial charge in [-0.2, -0.15) is 4.31 Å². The summed E-state index contributed by atoms with van der Waals surface area (Å²) in [6.45, 7) is 1.85. The molecular weight excluding hydrogens is 429 g/mol. The fourth-order valence-electron chi connectivity index (χ4n) is 2.73. The van der Waals surface area contributed by atoms with Crippen molar-refractivity contribution in [2.24, 2.45) is 0 Å². The predicted octanol–water partition coefficient (Wildman–Crippen LogP) is 3.63. The van der Waals surface area contributed by atoms with Gasteiger partial charge in [-0.1, -0.05) is 23.2 Å². The van der Waals surface area contributed by atoms with Gasteiger partial charge in [0.2, 0.25) is 15.8 Å². The van der Waals surface area contributed by atoms with Crippen molar-refractivity contribution in [3.8, 4) is 11.5 Å². The number of nitro benzene ring substituents is 1. The standard InChI is InChI=1S/C17H17Cl2N3O5S/c1-20-6-8-21(9-7-20)28(25,26)13-3-5-17(16(11-13)22(23)24)27-12-2-4-14(18)15(19)10-12/h2-5,10-11H,6-9H2,1H3. The second-order valence-corrected chi connectivity index (χ2v) is 9.02. The zero-order chi connectivity index (χ0) is 20.5. The minimum atomic E-state index is -3.84. The van der Waals surface area contributed by atoms with Crippen LogP contribution in [0.25, 0.3) is 0 Å². The van der Waals surface area contributed by atoms with Crippen molar-refractivity contribution in [3.63, 3.8) is 0 Å². The zero-order valence-corrected chi connectivity index (χ0v) is 17.2. The first-order valence-corrected chi connectivity index (χ1v) is 10.5. The molecule has 11 heteroatoms. The Morgan fingerprint density at radius 3 is 2.32 bits per heavy atom. The van der Waals surface area contributed by atoms with Crippen LogP contribution in [0.15, 0.2) is 41.3 Å². The maximum atomic E-state index is 12.8. The number of piperazine rings is 1. The van der Waals surface area contributed by atoms with Crippen LogP contribution in [0, 0.1) is 10.1 Å². The lowest BCUT2D eigenvalue weighted by atomic mass is 10.3. The SMILES string of the molecule is CN1CCN(S(=O)(=O)c2ccc(Oc3ccc(Cl)c(Cl)c3)c([N+](=O)[O-])c2)CC1. The van der Waals surface area contributed by atoms with Crippen LogP contribution in [0.5, 0.6) is 11.5 Å². The summed E-state index contributed by atoms with van der Waals surface area (Å²) in [5.74, 6) is 0.146. The number of rotatable bonds is 5. The zero-order valence-electron chi connectivity index (χ0n) is 14.8. The molecule has 1 heterocycles. The third-order valence-electron chi connectivity index (χ3n) is 4.35. The number of ether oxygens (including phenoxy) is 1. The molecular formula is C17H17Cl2N3O5S. The highest BCUT2D eigenvalue weighted by Gasteiger charge is 2.30. The molecule has 2 aromatic carbocycles. The molecule has 3 rings (SSSR count). The number of nitrogens with zero attached hydrogens (tertiary/aromatic N) is 3. The van der Waals surface area contributed by atoms with Crippen molar-refractivity contribution < 1.29 is 18.1 Å². The Hall–Kier alpha value is -1.91. The molecule has 0 amide bonds. The summed E-state index contributed by atoms with van der Waals surface area (Å²) in [6, 6.07) is 8.00. The smallest absolute Gasteiger partial charge is 0.312 e. The quantitative estimate of drug-likeness (QED) is 0.515. The number of halogens is 2. The van der Waals surface area contributed by atoms with Gasteiger partial charge >= 0.3 is 5.69 Å². The van der Waals surface area contributed by atoms with Crippen molar-refractivity contribution in [2.45, 2.75) is 4.90 Å². The van der Waals surface area contributed by atoms with Gasteiger partial charge in [0.05, 0.1) is 19.9 Å². The van der Waals surface area contributed by atoms with Gasteiger partial charge in [0.1, 0.15) is 5.75 Å². The van der Waals surface area contributed by atoms with Gasteiger partial charge in [-0.15, -0.1) is 0 Å². The minimum Gasteiger partial charge on any atom is -0.450 e. The average Bonchev–Trinajstić information content (AvgIpc) is 2.65. The van der Waals surface area contributed by atoms with Crippen molar-refractivity contribution >= 4 is 38.9 Å². The van der Waals surface area contributed by atoms with E-state index in [9.17, 15) is 18.5 Å². The van der Waals surface area contributed by atoms with Crippen molar-refractivity contribution in [3.05, 3.63) is 56.6 Å². The van der Waals surface area contributed by atoms with Crippen LogP contribution in [0.2, 0.25) is 10.0 Å². The minimum absolute atomic E-state index is 0.0966. The van der Waals surface area contributed by atoms with Crippen molar-refractivity contribution in [2.75, 3.05) is 33.2 Å². The van der Waals surface area contributed by atoms with E-state index in [2.05, 4.69) is 0 Å². The molecule has 0 radical (unpaired) electrons. The van der Waals surface area contributed by atoms with E-state index in [0.29, 0.717) is 31.2 Å². The lowest BCUT2D eigenvalue weighted by Crippen LogP contribution is -2.47. The van der Waals surface area contributed by atoms with E-state index in [-0.39, 0.29) is 21.4 Å². The van der Waals surface area contributed by atoms with Crippen LogP contribution in [-0.2, 0) is 10.0 Å². The summed E-state index contributed by atoms with van der Waals surface area (Å²) >= 11 is 11.8. The molecule has 0 N–H and O–H groups in total. The molecule has 1 aliphatic heterocycles. The number of sulfonamides is 1.